The average molecular weight is 230 g/mol. The standard InChI is InChI=1S/C8H14N4O4/c1-8(2)6(15)10-7(16)12(8)3-4(11-9)5(13)14/h4,11H,3,9H2,1-2H3,(H,13,14)(H,10,15,16). The van der Waals surface area contributed by atoms with Gasteiger partial charge in [0.1, 0.15) is 11.6 Å². The summed E-state index contributed by atoms with van der Waals surface area (Å²) in [4.78, 5) is 34.7. The fourth-order valence-corrected chi connectivity index (χ4v) is 1.39. The molecule has 0 bridgehead atoms. The Kier molecular flexibility index (Phi) is 3.15. The number of aliphatic carboxylic acids is 1. The van der Waals surface area contributed by atoms with Gasteiger partial charge in [0.05, 0.1) is 6.54 Å². The summed E-state index contributed by atoms with van der Waals surface area (Å²) in [5, 5.41) is 10.9. The van der Waals surface area contributed by atoms with Gasteiger partial charge in [0.15, 0.2) is 0 Å². The van der Waals surface area contributed by atoms with Gasteiger partial charge in [-0.1, -0.05) is 0 Å². The molecule has 1 fully saturated rings. The highest BCUT2D eigenvalue weighted by atomic mass is 16.4. The third-order valence-corrected chi connectivity index (χ3v) is 2.56. The Balaban J connectivity index is 2.84. The normalized spacial score (nSPS) is 20.8. The summed E-state index contributed by atoms with van der Waals surface area (Å²) < 4.78 is 0. The molecule has 90 valence electrons. The molecule has 1 aliphatic heterocycles. The van der Waals surface area contributed by atoms with Crippen molar-refractivity contribution in [1.82, 2.24) is 15.6 Å². The number of rotatable bonds is 4. The van der Waals surface area contributed by atoms with Gasteiger partial charge < -0.3 is 10.0 Å². The number of amides is 3. The maximum atomic E-state index is 11.4. The van der Waals surface area contributed by atoms with Crippen molar-refractivity contribution < 1.29 is 19.5 Å². The Labute approximate surface area is 91.7 Å². The number of imide groups is 1. The monoisotopic (exact) mass is 230 g/mol. The lowest BCUT2D eigenvalue weighted by Gasteiger charge is -2.29. The van der Waals surface area contributed by atoms with Gasteiger partial charge in [0.2, 0.25) is 0 Å². The molecule has 1 aliphatic rings. The Bertz CT molecular complexity index is 341. The lowest BCUT2D eigenvalue weighted by molar-refractivity contribution is -0.140. The fraction of sp³-hybridized carbons (Fsp3) is 0.625. The third-order valence-electron chi connectivity index (χ3n) is 2.56. The summed E-state index contributed by atoms with van der Waals surface area (Å²) in [6.45, 7) is 2.88. The minimum absolute atomic E-state index is 0.184. The maximum Gasteiger partial charge on any atom is 0.325 e. The van der Waals surface area contributed by atoms with Crippen LogP contribution in [0, 0.1) is 0 Å². The van der Waals surface area contributed by atoms with Gasteiger partial charge in [-0.25, -0.2) is 10.2 Å². The second-order valence-corrected chi connectivity index (χ2v) is 3.99. The first kappa shape index (κ1) is 12.4. The van der Waals surface area contributed by atoms with E-state index < -0.39 is 29.5 Å². The van der Waals surface area contributed by atoms with Crippen molar-refractivity contribution in [3.05, 3.63) is 0 Å². The van der Waals surface area contributed by atoms with Crippen molar-refractivity contribution in [2.45, 2.75) is 25.4 Å². The Hall–Kier alpha value is -1.67. The van der Waals surface area contributed by atoms with Crippen LogP contribution in [0.25, 0.3) is 0 Å². The molecular formula is C8H14N4O4. The highest BCUT2D eigenvalue weighted by Crippen LogP contribution is 2.20. The summed E-state index contributed by atoms with van der Waals surface area (Å²) in [7, 11) is 0. The van der Waals surface area contributed by atoms with E-state index in [2.05, 4.69) is 10.7 Å². The van der Waals surface area contributed by atoms with Gasteiger partial charge in [-0.2, -0.15) is 0 Å². The maximum absolute atomic E-state index is 11.4. The molecule has 8 nitrogen and oxygen atoms in total. The van der Waals surface area contributed by atoms with Gasteiger partial charge in [-0.05, 0) is 13.8 Å². The van der Waals surface area contributed by atoms with Gasteiger partial charge >= 0.3 is 12.0 Å². The third kappa shape index (κ3) is 1.97. The summed E-state index contributed by atoms with van der Waals surface area (Å²) in [5.41, 5.74) is 1.00. The topological polar surface area (TPSA) is 125 Å². The molecule has 0 aliphatic carbocycles. The summed E-state index contributed by atoms with van der Waals surface area (Å²) in [5.74, 6) is 3.40. The van der Waals surface area contributed by atoms with Gasteiger partial charge in [0, 0.05) is 0 Å². The Morgan fingerprint density at radius 3 is 2.50 bits per heavy atom. The number of nitrogens with two attached hydrogens (primary N) is 1. The zero-order chi connectivity index (χ0) is 12.5. The van der Waals surface area contributed by atoms with Crippen LogP contribution < -0.4 is 16.6 Å². The molecule has 8 heteroatoms. The van der Waals surface area contributed by atoms with Crippen LogP contribution in [0.1, 0.15) is 13.8 Å². The molecule has 0 aromatic rings. The highest BCUT2D eigenvalue weighted by Gasteiger charge is 2.46. The number of carbonyl (C=O) groups is 3. The number of carboxylic acids is 1. The summed E-state index contributed by atoms with van der Waals surface area (Å²) in [6, 6.07) is -1.73. The number of urea groups is 1. The van der Waals surface area contributed by atoms with Crippen LogP contribution in [0.2, 0.25) is 0 Å². The minimum Gasteiger partial charge on any atom is -0.480 e. The van der Waals surface area contributed by atoms with Crippen molar-refractivity contribution in [3.63, 3.8) is 0 Å². The van der Waals surface area contributed by atoms with Crippen LogP contribution in [0.3, 0.4) is 0 Å². The second-order valence-electron chi connectivity index (χ2n) is 3.99. The SMILES string of the molecule is CC1(C)C(=O)NC(=O)N1CC(NN)C(=O)O. The quantitative estimate of drug-likeness (QED) is 0.257. The number of carboxylic acid groups (broad SMARTS) is 1. The zero-order valence-electron chi connectivity index (χ0n) is 8.98. The molecule has 16 heavy (non-hydrogen) atoms. The van der Waals surface area contributed by atoms with E-state index in [0.29, 0.717) is 0 Å². The number of hydrazine groups is 1. The predicted octanol–water partition coefficient (Wildman–Crippen LogP) is -1.77. The van der Waals surface area contributed by atoms with Crippen molar-refractivity contribution >= 4 is 17.9 Å². The summed E-state index contributed by atoms with van der Waals surface area (Å²) in [6.07, 6.45) is 0. The molecule has 1 atom stereocenters. The van der Waals surface area contributed by atoms with E-state index in [-0.39, 0.29) is 6.54 Å². The number of carbonyl (C=O) groups excluding carboxylic acids is 2. The number of hydrogen-bond donors (Lipinski definition) is 4. The molecule has 0 aromatic carbocycles. The molecule has 1 rings (SSSR count). The van der Waals surface area contributed by atoms with E-state index in [1.54, 1.807) is 0 Å². The largest absolute Gasteiger partial charge is 0.480 e. The molecule has 3 amide bonds. The molecule has 1 saturated heterocycles. The lowest BCUT2D eigenvalue weighted by Crippen LogP contribution is -2.54. The van der Waals surface area contributed by atoms with E-state index in [9.17, 15) is 14.4 Å². The smallest absolute Gasteiger partial charge is 0.325 e. The van der Waals surface area contributed by atoms with E-state index in [1.807, 2.05) is 0 Å². The first-order chi connectivity index (χ1) is 7.30. The molecule has 0 saturated carbocycles. The van der Waals surface area contributed by atoms with E-state index in [1.165, 1.54) is 13.8 Å². The van der Waals surface area contributed by atoms with Crippen LogP contribution in [-0.2, 0) is 9.59 Å². The van der Waals surface area contributed by atoms with E-state index >= 15 is 0 Å². The summed E-state index contributed by atoms with van der Waals surface area (Å²) >= 11 is 0. The van der Waals surface area contributed by atoms with Crippen LogP contribution in [-0.4, -0.2) is 46.0 Å². The number of nitrogens with zero attached hydrogens (tertiary/aromatic N) is 1. The Morgan fingerprint density at radius 1 is 1.62 bits per heavy atom. The molecule has 1 unspecified atom stereocenters. The zero-order valence-corrected chi connectivity index (χ0v) is 8.98. The van der Waals surface area contributed by atoms with Crippen LogP contribution in [0.4, 0.5) is 4.79 Å². The average Bonchev–Trinajstić information content (AvgIpc) is 2.34. The molecule has 5 N–H and O–H groups in total. The highest BCUT2D eigenvalue weighted by molar-refractivity contribution is 6.06. The van der Waals surface area contributed by atoms with E-state index in [0.717, 1.165) is 4.90 Å². The van der Waals surface area contributed by atoms with Crippen molar-refractivity contribution in [2.24, 2.45) is 5.84 Å². The van der Waals surface area contributed by atoms with Crippen molar-refractivity contribution in [3.8, 4) is 0 Å². The van der Waals surface area contributed by atoms with Gasteiger partial charge in [0.25, 0.3) is 5.91 Å². The predicted molar refractivity (Wildman–Crippen MR) is 53.1 cm³/mol. The molecule has 0 spiro atoms. The van der Waals surface area contributed by atoms with Crippen molar-refractivity contribution in [1.29, 1.82) is 0 Å². The molecule has 0 aromatic heterocycles. The fourth-order valence-electron chi connectivity index (χ4n) is 1.39. The van der Waals surface area contributed by atoms with Crippen LogP contribution >= 0.6 is 0 Å². The molecule has 0 radical (unpaired) electrons. The second kappa shape index (κ2) is 4.06. The van der Waals surface area contributed by atoms with Crippen LogP contribution in [0.15, 0.2) is 0 Å². The van der Waals surface area contributed by atoms with Gasteiger partial charge in [-0.15, -0.1) is 0 Å². The molecule has 1 heterocycles. The first-order valence-corrected chi connectivity index (χ1v) is 4.62. The number of hydrogen-bond acceptors (Lipinski definition) is 5. The first-order valence-electron chi connectivity index (χ1n) is 4.62. The van der Waals surface area contributed by atoms with E-state index in [4.69, 9.17) is 10.9 Å². The Morgan fingerprint density at radius 2 is 2.19 bits per heavy atom. The lowest BCUT2D eigenvalue weighted by atomic mass is 10.0. The number of nitrogens with one attached hydrogen (secondary N) is 2. The minimum atomic E-state index is -1.19. The van der Waals surface area contributed by atoms with Crippen molar-refractivity contribution in [2.75, 3.05) is 6.54 Å². The molecular weight excluding hydrogens is 216 g/mol. The van der Waals surface area contributed by atoms with Gasteiger partial charge in [-0.3, -0.25) is 20.7 Å². The van der Waals surface area contributed by atoms with Crippen LogP contribution in [0.5, 0.6) is 0 Å².